The lowest BCUT2D eigenvalue weighted by Crippen LogP contribution is -2.28. The number of aldehydes is 1. The molecule has 1 amide bonds. The van der Waals surface area contributed by atoms with Crippen LogP contribution < -0.4 is 46.7 Å². The lowest BCUT2D eigenvalue weighted by Gasteiger charge is -2.19. The number of hydrogen-bond donors (Lipinski definition) is 7. The maximum atomic E-state index is 12.4. The van der Waals surface area contributed by atoms with E-state index < -0.39 is 6.09 Å². The number of likely N-dealkylation sites (N-methyl/N-ethyl adjacent to an activating group) is 3. The summed E-state index contributed by atoms with van der Waals surface area (Å²) in [5, 5.41) is 24.2. The molecule has 33 heteroatoms. The second-order valence-corrected chi connectivity index (χ2v) is 30.0. The zero-order chi connectivity index (χ0) is 78.0. The number of rotatable bonds is 24. The average molecular weight is 1590 g/mol. The fourth-order valence-electron chi connectivity index (χ4n) is 11.2. The normalized spacial score (nSPS) is 11.6. The van der Waals surface area contributed by atoms with E-state index in [9.17, 15) is 9.59 Å². The van der Waals surface area contributed by atoms with Gasteiger partial charge in [0.05, 0.1) is 96.0 Å². The van der Waals surface area contributed by atoms with E-state index in [0.29, 0.717) is 107 Å². The van der Waals surface area contributed by atoms with Crippen LogP contribution in [0.5, 0.6) is 11.8 Å². The van der Waals surface area contributed by atoms with Gasteiger partial charge in [-0.1, -0.05) is 72.8 Å². The Labute approximate surface area is 661 Å². The predicted molar refractivity (Wildman–Crippen MR) is 448 cm³/mol. The summed E-state index contributed by atoms with van der Waals surface area (Å²) in [6.45, 7) is 18.9. The molecule has 0 fully saturated rings. The molecule has 0 aliphatic carbocycles. The number of alkyl carbamates (subject to hydrolysis) is 1. The van der Waals surface area contributed by atoms with Crippen LogP contribution in [0.25, 0.3) is 95.5 Å². The topological polar surface area (TPSA) is 368 Å². The van der Waals surface area contributed by atoms with Crippen molar-refractivity contribution in [1.29, 1.82) is 0 Å². The van der Waals surface area contributed by atoms with Gasteiger partial charge in [-0.3, -0.25) is 9.79 Å². The number of aromatic nitrogens is 11. The van der Waals surface area contributed by atoms with E-state index in [1.54, 1.807) is 23.6 Å². The van der Waals surface area contributed by atoms with Gasteiger partial charge in [0.2, 0.25) is 35.1 Å². The van der Waals surface area contributed by atoms with Crippen molar-refractivity contribution in [3.63, 3.8) is 0 Å². The second-order valence-electron chi connectivity index (χ2n) is 24.8. The number of nitrogens with zero attached hydrogens (tertiary/aromatic N) is 16. The Hall–Kier alpha value is -12.8. The molecule has 0 spiro atoms. The van der Waals surface area contributed by atoms with Crippen LogP contribution in [0, 0.1) is 13.1 Å². The number of nitrogens with one attached hydrogen (secondary N) is 2. The van der Waals surface area contributed by atoms with E-state index in [-0.39, 0.29) is 31.7 Å². The number of carbonyl (C=O) groups is 2. The molecule has 9 heterocycles. The summed E-state index contributed by atoms with van der Waals surface area (Å²) in [6, 6.07) is 49.2. The molecule has 7 aromatic carbocycles. The number of amides is 1. The minimum Gasteiger partial charge on any atom is -0.471 e. The highest BCUT2D eigenvalue weighted by atomic mass is 32.1. The van der Waals surface area contributed by atoms with E-state index in [0.717, 1.165) is 112 Å². The molecule has 15 aromatic rings. The van der Waals surface area contributed by atoms with Gasteiger partial charge in [-0.05, 0) is 113 Å². The molecule has 0 atom stereocenters. The minimum atomic E-state index is -0.491. The summed E-state index contributed by atoms with van der Waals surface area (Å²) in [7, 11) is 5.81. The van der Waals surface area contributed by atoms with Crippen molar-refractivity contribution in [2.45, 2.75) is 32.7 Å². The Bertz CT molecular complexity index is 5980. The number of nitrogen functional groups attached to an aromatic ring is 2. The smallest absolute Gasteiger partial charge is 0.407 e. The average Bonchev–Trinajstić information content (AvgIpc) is 1.67. The van der Waals surface area contributed by atoms with Gasteiger partial charge in [0, 0.05) is 77.0 Å². The predicted octanol–water partition coefficient (Wildman–Crippen LogP) is 14.2. The molecule has 0 bridgehead atoms. The molecule has 0 saturated carbocycles. The summed E-state index contributed by atoms with van der Waals surface area (Å²) < 4.78 is 22.1. The molecule has 10 N–H and O–H groups in total. The van der Waals surface area contributed by atoms with Gasteiger partial charge in [0.25, 0.3) is 0 Å². The number of nitrogens with two attached hydrogens (primary N) is 3. The van der Waals surface area contributed by atoms with Crippen molar-refractivity contribution in [1.82, 2.24) is 60.1 Å². The first kappa shape index (κ1) is 77.3. The first-order valence-corrected chi connectivity index (χ1v) is 38.8. The number of anilines is 5. The fourth-order valence-corrected chi connectivity index (χ4v) is 15.7. The van der Waals surface area contributed by atoms with E-state index in [1.807, 2.05) is 181 Å². The Morgan fingerprint density at radius 1 is 0.562 bits per heavy atom. The highest BCUT2D eigenvalue weighted by Crippen LogP contribution is 2.37. The molecule has 0 saturated heterocycles. The van der Waals surface area contributed by atoms with Gasteiger partial charge < -0.3 is 66.6 Å². The zero-order valence-corrected chi connectivity index (χ0v) is 64.5. The van der Waals surface area contributed by atoms with Gasteiger partial charge in [0.15, 0.2) is 16.9 Å². The van der Waals surface area contributed by atoms with Crippen LogP contribution >= 0.6 is 56.7 Å². The van der Waals surface area contributed by atoms with Gasteiger partial charge in [-0.2, -0.15) is 15.0 Å². The van der Waals surface area contributed by atoms with E-state index in [4.69, 9.17) is 59.8 Å². The molecule has 0 radical (unpaired) electrons. The summed E-state index contributed by atoms with van der Waals surface area (Å²) >= 11 is 7.47. The molecule has 8 aromatic heterocycles. The number of hydrogen-bond acceptors (Lipinski definition) is 29. The SMILES string of the molecule is CN(CCO)c1ccc2nc(C=O)sc2c1.NCc1ccc(COc2nc(N)nc3nc[nH]c23)cc1.[C-]#[N+]/C(=C\c1nc2ccc(N(C)CCO)cc2s1)c1nc2ccccc2s1.[C-]#[N+]/C(=C\c1nc2ccc(N(C)CCOC(=O)NCc3ccc(COc4nc(N)nc5c4N=CC5)cc3)cc2s1)c1nc2ccccc2s1. The Balaban J connectivity index is 0.000000145. The minimum absolute atomic E-state index is 0.113. The van der Waals surface area contributed by atoms with Crippen LogP contribution in [0.1, 0.15) is 57.8 Å². The van der Waals surface area contributed by atoms with Crippen molar-refractivity contribution in [3.8, 4) is 11.8 Å². The monoisotopic (exact) mass is 1590 g/mol. The first-order chi connectivity index (χ1) is 54.6. The summed E-state index contributed by atoms with van der Waals surface area (Å²) in [5.74, 6) is 1.06. The van der Waals surface area contributed by atoms with E-state index in [1.165, 1.54) is 51.7 Å². The molecule has 112 heavy (non-hydrogen) atoms. The van der Waals surface area contributed by atoms with Crippen LogP contribution in [0.15, 0.2) is 163 Å². The number of H-pyrrole nitrogens is 1. The molecule has 1 aliphatic rings. The Kier molecular flexibility index (Phi) is 25.3. The number of carbonyl (C=O) groups excluding carboxylic acids is 2. The van der Waals surface area contributed by atoms with E-state index in [2.05, 4.69) is 82.0 Å². The van der Waals surface area contributed by atoms with Gasteiger partial charge in [-0.15, -0.1) is 56.7 Å². The van der Waals surface area contributed by atoms with Crippen LogP contribution in [-0.2, 0) is 37.5 Å². The third-order valence-electron chi connectivity index (χ3n) is 17.1. The summed E-state index contributed by atoms with van der Waals surface area (Å²) in [5.41, 5.74) is 31.8. The van der Waals surface area contributed by atoms with Crippen LogP contribution in [0.2, 0.25) is 0 Å². The number of aromatic amines is 1. The number of thiazole rings is 5. The van der Waals surface area contributed by atoms with Crippen molar-refractivity contribution >= 4 is 196 Å². The number of aliphatic hydroxyl groups is 2. The van der Waals surface area contributed by atoms with Crippen LogP contribution in [-0.4, -0.2) is 144 Å². The third-order valence-corrected chi connectivity index (χ3v) is 22.1. The standard InChI is InChI=1S/C35H29N9O3S2.C20H16N4OS2.C13H14N6O.C11H12N2O2S/c1-37-27(33-41-24-5-3-4-6-28(24)49-33)18-30-40-25-12-11-23(17-29(25)48-30)44(2)15-16-46-35(45)39-19-21-7-9-22(10-8-21)20-47-32-31-26(13-14-38-31)42-34(36)43-32;1-21-16(20-23-14-5-3-4-6-17(14)27-20)12-19-22-15-8-7-13(11-18(15)26-19)24(2)9-10-25;14-5-8-1-3-9(4-2-8)6-20-12-10-11(17-7-16-10)18-13(15)19-12;1-13(4-5-14)8-2-3-9-10(6-8)16-11(7-15)12-9/h3-12,14,17-18H,13,15-16,19-20H2,2H3,(H,39,45)(H2,36,42,43);3-8,11-12,25H,9-10H2,2H3;1-4,7H,5-6,14H2,(H3,15,16,17,18,19);2-3,6-7,14H,4-5H2,1H3/b27-18-;16-12-;;. The molecule has 16 rings (SSSR count). The van der Waals surface area contributed by atoms with Crippen LogP contribution in [0.4, 0.5) is 39.4 Å². The highest BCUT2D eigenvalue weighted by Gasteiger charge is 2.20. The molecular formula is C79H71N21O7S5. The molecule has 0 unspecified atom stereocenters. The van der Waals surface area contributed by atoms with Gasteiger partial charge in [-0.25, -0.2) is 49.4 Å². The number of para-hydroxylation sites is 2. The molecule has 28 nitrogen and oxygen atoms in total. The van der Waals surface area contributed by atoms with E-state index >= 15 is 0 Å². The lowest BCUT2D eigenvalue weighted by molar-refractivity contribution is 0.112. The summed E-state index contributed by atoms with van der Waals surface area (Å²) in [6.07, 6.45) is 7.79. The number of benzene rings is 7. The number of aliphatic hydroxyl groups excluding tert-OH is 2. The Morgan fingerprint density at radius 2 is 1.04 bits per heavy atom. The molecule has 564 valence electrons. The van der Waals surface area contributed by atoms with Crippen LogP contribution in [0.3, 0.4) is 0 Å². The van der Waals surface area contributed by atoms with Crippen molar-refractivity contribution < 1.29 is 34.0 Å². The highest BCUT2D eigenvalue weighted by molar-refractivity contribution is 7.21. The largest absolute Gasteiger partial charge is 0.471 e. The quantitative estimate of drug-likeness (QED) is 0.0218. The van der Waals surface area contributed by atoms with Gasteiger partial charge in [0.1, 0.15) is 51.1 Å². The van der Waals surface area contributed by atoms with Crippen molar-refractivity contribution in [3.05, 3.63) is 234 Å². The number of aliphatic imine (C=N–C) groups is 1. The molecular weight excluding hydrogens is 1520 g/mol. The third kappa shape index (κ3) is 19.4. The summed E-state index contributed by atoms with van der Waals surface area (Å²) in [4.78, 5) is 86.8. The lowest BCUT2D eigenvalue weighted by atomic mass is 10.1. The van der Waals surface area contributed by atoms with Crippen molar-refractivity contribution in [2.75, 3.05) is 86.8 Å². The number of imidazole rings is 1. The van der Waals surface area contributed by atoms with Crippen molar-refractivity contribution in [2.24, 2.45) is 10.7 Å². The zero-order valence-electron chi connectivity index (χ0n) is 60.5. The number of ether oxygens (including phenoxy) is 3. The Morgan fingerprint density at radius 3 is 1.55 bits per heavy atom. The number of fused-ring (bicyclic) bond motifs is 7. The fraction of sp³-hybridized carbons (Fsp3) is 0.177. The second kappa shape index (κ2) is 36.6. The maximum Gasteiger partial charge on any atom is 0.407 e. The molecule has 1 aliphatic heterocycles. The first-order valence-electron chi connectivity index (χ1n) is 34.7. The maximum absolute atomic E-state index is 12.4. The van der Waals surface area contributed by atoms with Gasteiger partial charge >= 0.3 is 6.09 Å².